The van der Waals surface area contributed by atoms with Crippen LogP contribution in [0.5, 0.6) is 0 Å². The Balaban J connectivity index is 3.88. The number of carbonyl (C=O) groups excluding carboxylic acids is 1. The summed E-state index contributed by atoms with van der Waals surface area (Å²) in [7, 11) is 6.94. The van der Waals surface area contributed by atoms with Crippen LogP contribution in [-0.4, -0.2) is 51.8 Å². The monoisotopic (exact) mass is 189 g/mol. The molecule has 78 valence electrons. The molecule has 0 radical (unpaired) electrons. The van der Waals surface area contributed by atoms with E-state index >= 15 is 0 Å². The van der Waals surface area contributed by atoms with Crippen LogP contribution in [0.2, 0.25) is 0 Å². The van der Waals surface area contributed by atoms with Crippen LogP contribution in [0, 0.1) is 0 Å². The Morgan fingerprint density at radius 1 is 1.31 bits per heavy atom. The summed E-state index contributed by atoms with van der Waals surface area (Å²) in [6.07, 6.45) is 2.16. The van der Waals surface area contributed by atoms with Gasteiger partial charge in [0.15, 0.2) is 6.29 Å². The van der Waals surface area contributed by atoms with Crippen molar-refractivity contribution in [2.24, 2.45) is 0 Å². The number of rotatable bonds is 7. The Hall–Kier alpha value is -0.450. The maximum Gasteiger partial charge on any atom is 0.225 e. The number of ether oxygens (including phenoxy) is 2. The van der Waals surface area contributed by atoms with Gasteiger partial charge in [-0.25, -0.2) is 0 Å². The molecular formula is C9H19NO3. The van der Waals surface area contributed by atoms with Crippen molar-refractivity contribution in [2.75, 3.05) is 34.9 Å². The summed E-state index contributed by atoms with van der Waals surface area (Å²) in [5, 5.41) is 0. The van der Waals surface area contributed by atoms with Crippen molar-refractivity contribution in [2.45, 2.75) is 18.6 Å². The molecule has 0 atom stereocenters. The van der Waals surface area contributed by atoms with Gasteiger partial charge >= 0.3 is 0 Å². The molecule has 4 heteroatoms. The second kappa shape index (κ2) is 6.07. The highest BCUT2D eigenvalue weighted by Gasteiger charge is 2.28. The molecule has 0 aliphatic carbocycles. The average molecular weight is 189 g/mol. The van der Waals surface area contributed by atoms with Crippen molar-refractivity contribution in [1.29, 1.82) is 0 Å². The number of carbonyl (C=O) groups is 1. The number of methoxy groups -OCH3 is 2. The van der Waals surface area contributed by atoms with Gasteiger partial charge in [0.1, 0.15) is 0 Å². The van der Waals surface area contributed by atoms with Crippen LogP contribution in [0.3, 0.4) is 0 Å². The van der Waals surface area contributed by atoms with Gasteiger partial charge in [0.2, 0.25) is 5.79 Å². The van der Waals surface area contributed by atoms with Crippen LogP contribution < -0.4 is 0 Å². The van der Waals surface area contributed by atoms with Crippen molar-refractivity contribution in [3.05, 3.63) is 0 Å². The Morgan fingerprint density at radius 2 is 1.85 bits per heavy atom. The van der Waals surface area contributed by atoms with E-state index < -0.39 is 5.79 Å². The Kier molecular flexibility index (Phi) is 5.86. The third kappa shape index (κ3) is 4.36. The molecule has 0 saturated heterocycles. The third-order valence-corrected chi connectivity index (χ3v) is 2.00. The second-order valence-corrected chi connectivity index (χ2v) is 3.24. The molecule has 4 nitrogen and oxygen atoms in total. The van der Waals surface area contributed by atoms with Gasteiger partial charge in [-0.15, -0.1) is 0 Å². The van der Waals surface area contributed by atoms with E-state index in [1.54, 1.807) is 0 Å². The van der Waals surface area contributed by atoms with Crippen LogP contribution in [0.1, 0.15) is 12.8 Å². The van der Waals surface area contributed by atoms with E-state index in [1.807, 2.05) is 14.1 Å². The van der Waals surface area contributed by atoms with Gasteiger partial charge in [-0.05, 0) is 27.1 Å². The molecular weight excluding hydrogens is 170 g/mol. The SMILES string of the molecule is COC(C=O)(CCCN(C)C)OC. The lowest BCUT2D eigenvalue weighted by Crippen LogP contribution is -2.36. The van der Waals surface area contributed by atoms with Crippen molar-refractivity contribution < 1.29 is 14.3 Å². The summed E-state index contributed by atoms with van der Waals surface area (Å²) < 4.78 is 10.0. The van der Waals surface area contributed by atoms with Gasteiger partial charge < -0.3 is 14.4 Å². The summed E-state index contributed by atoms with van der Waals surface area (Å²) in [4.78, 5) is 12.8. The van der Waals surface area contributed by atoms with Crippen LogP contribution >= 0.6 is 0 Å². The van der Waals surface area contributed by atoms with Crippen molar-refractivity contribution in [1.82, 2.24) is 4.90 Å². The molecule has 0 aliphatic heterocycles. The second-order valence-electron chi connectivity index (χ2n) is 3.24. The maximum atomic E-state index is 10.7. The van der Waals surface area contributed by atoms with Gasteiger partial charge in [-0.1, -0.05) is 0 Å². The number of nitrogens with zero attached hydrogens (tertiary/aromatic N) is 1. The number of aldehydes is 1. The van der Waals surface area contributed by atoms with Crippen LogP contribution in [0.15, 0.2) is 0 Å². The predicted octanol–water partition coefficient (Wildman–Crippen LogP) is 0.516. The minimum Gasteiger partial charge on any atom is -0.347 e. The standard InChI is InChI=1S/C9H19NO3/c1-10(2)7-5-6-9(8-11,12-3)13-4/h8H,5-7H2,1-4H3. The maximum absolute atomic E-state index is 10.7. The molecule has 0 fully saturated rings. The molecule has 0 heterocycles. The lowest BCUT2D eigenvalue weighted by atomic mass is 10.1. The summed E-state index contributed by atoms with van der Waals surface area (Å²) in [5.74, 6) is -1.05. The van der Waals surface area contributed by atoms with Gasteiger partial charge in [0.25, 0.3) is 0 Å². The van der Waals surface area contributed by atoms with Crippen molar-refractivity contribution >= 4 is 6.29 Å². The van der Waals surface area contributed by atoms with E-state index in [0.29, 0.717) is 12.7 Å². The molecule has 0 bridgehead atoms. The lowest BCUT2D eigenvalue weighted by molar-refractivity contribution is -0.198. The highest BCUT2D eigenvalue weighted by Crippen LogP contribution is 2.15. The van der Waals surface area contributed by atoms with Gasteiger partial charge in [-0.2, -0.15) is 0 Å². The van der Waals surface area contributed by atoms with E-state index in [1.165, 1.54) is 14.2 Å². The molecule has 0 aliphatic rings. The minimum absolute atomic E-state index is 0.585. The van der Waals surface area contributed by atoms with E-state index in [9.17, 15) is 4.79 Å². The molecule has 0 aromatic carbocycles. The first kappa shape index (κ1) is 12.6. The van der Waals surface area contributed by atoms with Gasteiger partial charge in [-0.3, -0.25) is 4.79 Å². The van der Waals surface area contributed by atoms with Crippen LogP contribution in [0.25, 0.3) is 0 Å². The summed E-state index contributed by atoms with van der Waals surface area (Å²) in [5.41, 5.74) is 0. The molecule has 0 aromatic heterocycles. The fraction of sp³-hybridized carbons (Fsp3) is 0.889. The molecule has 0 spiro atoms. The lowest BCUT2D eigenvalue weighted by Gasteiger charge is -2.25. The zero-order valence-corrected chi connectivity index (χ0v) is 8.87. The van der Waals surface area contributed by atoms with Gasteiger partial charge in [0.05, 0.1) is 0 Å². The van der Waals surface area contributed by atoms with E-state index in [-0.39, 0.29) is 0 Å². The van der Waals surface area contributed by atoms with Crippen LogP contribution in [0.4, 0.5) is 0 Å². The minimum atomic E-state index is -1.05. The van der Waals surface area contributed by atoms with Gasteiger partial charge in [0, 0.05) is 20.6 Å². The Morgan fingerprint density at radius 3 is 2.15 bits per heavy atom. The predicted molar refractivity (Wildman–Crippen MR) is 50.6 cm³/mol. The molecule has 0 amide bonds. The molecule has 0 unspecified atom stereocenters. The fourth-order valence-corrected chi connectivity index (χ4v) is 1.08. The number of hydrogen-bond donors (Lipinski definition) is 0. The average Bonchev–Trinajstić information content (AvgIpc) is 2.13. The molecule has 13 heavy (non-hydrogen) atoms. The molecule has 0 saturated carbocycles. The zero-order chi connectivity index (χ0) is 10.3. The van der Waals surface area contributed by atoms with E-state index in [4.69, 9.17) is 9.47 Å². The summed E-state index contributed by atoms with van der Waals surface area (Å²) in [6, 6.07) is 0. The van der Waals surface area contributed by atoms with E-state index in [2.05, 4.69) is 4.90 Å². The Labute approximate surface area is 79.8 Å². The fourth-order valence-electron chi connectivity index (χ4n) is 1.08. The molecule has 0 aromatic rings. The normalized spacial score (nSPS) is 12.1. The topological polar surface area (TPSA) is 38.8 Å². The van der Waals surface area contributed by atoms with E-state index in [0.717, 1.165) is 13.0 Å². The highest BCUT2D eigenvalue weighted by molar-refractivity contribution is 5.59. The zero-order valence-electron chi connectivity index (χ0n) is 8.87. The first-order chi connectivity index (χ1) is 6.10. The van der Waals surface area contributed by atoms with Crippen molar-refractivity contribution in [3.63, 3.8) is 0 Å². The highest BCUT2D eigenvalue weighted by atomic mass is 16.7. The molecule has 0 N–H and O–H groups in total. The third-order valence-electron chi connectivity index (χ3n) is 2.00. The first-order valence-corrected chi connectivity index (χ1v) is 4.31. The summed E-state index contributed by atoms with van der Waals surface area (Å²) in [6.45, 7) is 0.919. The summed E-state index contributed by atoms with van der Waals surface area (Å²) >= 11 is 0. The Bertz CT molecular complexity index is 144. The van der Waals surface area contributed by atoms with Crippen molar-refractivity contribution in [3.8, 4) is 0 Å². The number of hydrogen-bond acceptors (Lipinski definition) is 4. The quantitative estimate of drug-likeness (QED) is 0.432. The smallest absolute Gasteiger partial charge is 0.225 e. The first-order valence-electron chi connectivity index (χ1n) is 4.31. The molecule has 0 rings (SSSR count). The largest absolute Gasteiger partial charge is 0.347 e. The van der Waals surface area contributed by atoms with Crippen LogP contribution in [-0.2, 0) is 14.3 Å².